The number of amides is 1. The van der Waals surface area contributed by atoms with E-state index >= 15 is 0 Å². The molecule has 156 valence electrons. The summed E-state index contributed by atoms with van der Waals surface area (Å²) in [5.74, 6) is 0.407. The number of fused-ring (bicyclic) bond motifs is 1. The Hall–Kier alpha value is -2.77. The average molecular weight is 424 g/mol. The highest BCUT2D eigenvalue weighted by atomic mass is 32.2. The van der Waals surface area contributed by atoms with Crippen molar-refractivity contribution in [2.75, 3.05) is 18.4 Å². The summed E-state index contributed by atoms with van der Waals surface area (Å²) in [6.45, 7) is 1.18. The van der Waals surface area contributed by atoms with E-state index in [1.165, 1.54) is 0 Å². The minimum atomic E-state index is -3.42. The minimum absolute atomic E-state index is 0.122. The number of aryl methyl sites for hydroxylation is 1. The second-order valence-corrected chi connectivity index (χ2v) is 9.48. The number of benzene rings is 2. The van der Waals surface area contributed by atoms with Gasteiger partial charge in [0, 0.05) is 24.9 Å². The molecule has 0 aliphatic carbocycles. The van der Waals surface area contributed by atoms with Gasteiger partial charge < -0.3 is 5.32 Å². The van der Waals surface area contributed by atoms with Crippen LogP contribution in [0.2, 0.25) is 0 Å². The maximum absolute atomic E-state index is 12.7. The maximum Gasteiger partial charge on any atom is 0.243 e. The van der Waals surface area contributed by atoms with Crippen LogP contribution in [0.25, 0.3) is 10.9 Å². The summed E-state index contributed by atoms with van der Waals surface area (Å²) in [5.41, 5.74) is 1.76. The van der Waals surface area contributed by atoms with Crippen molar-refractivity contribution < 1.29 is 13.2 Å². The number of para-hydroxylation sites is 1. The number of rotatable bonds is 6. The van der Waals surface area contributed by atoms with E-state index in [1.807, 2.05) is 30.3 Å². The van der Waals surface area contributed by atoms with Gasteiger partial charge in [-0.25, -0.2) is 13.4 Å². The van der Waals surface area contributed by atoms with Crippen molar-refractivity contribution in [3.8, 4) is 0 Å². The molecule has 1 N–H and O–H groups in total. The van der Waals surface area contributed by atoms with E-state index < -0.39 is 10.0 Å². The molecule has 1 aliphatic rings. The molecule has 30 heavy (non-hydrogen) atoms. The average Bonchev–Trinajstić information content (AvgIpc) is 2.78. The summed E-state index contributed by atoms with van der Waals surface area (Å²) in [5, 5.41) is 3.85. The smallest absolute Gasteiger partial charge is 0.243 e. The minimum Gasteiger partial charge on any atom is -0.311 e. The van der Waals surface area contributed by atoms with E-state index in [4.69, 9.17) is 0 Å². The van der Waals surface area contributed by atoms with Gasteiger partial charge in [0.2, 0.25) is 15.9 Å². The van der Waals surface area contributed by atoms with Crippen LogP contribution >= 0.6 is 0 Å². The molecule has 4 rings (SSSR count). The standard InChI is InChI=1S/C23H25N3O3S/c27-23(25-22-14-11-19-6-2-3-7-21(19)24-22)15-10-18-8-12-20(13-9-18)30(28,29)26-16-4-1-5-17-26/h2-3,6-9,11-14H,1,4-5,10,15-17H2,(H,24,25,27). The Bertz CT molecular complexity index is 1140. The summed E-state index contributed by atoms with van der Waals surface area (Å²) in [6.07, 6.45) is 3.74. The van der Waals surface area contributed by atoms with E-state index in [9.17, 15) is 13.2 Å². The summed E-state index contributed by atoms with van der Waals surface area (Å²) in [7, 11) is -3.42. The molecule has 1 saturated heterocycles. The molecule has 2 heterocycles. The van der Waals surface area contributed by atoms with Gasteiger partial charge >= 0.3 is 0 Å². The number of carbonyl (C=O) groups is 1. The van der Waals surface area contributed by atoms with Gasteiger partial charge in [0.25, 0.3) is 0 Å². The lowest BCUT2D eigenvalue weighted by atomic mass is 10.1. The van der Waals surface area contributed by atoms with Crippen molar-refractivity contribution >= 4 is 32.7 Å². The third-order valence-electron chi connectivity index (χ3n) is 5.38. The fraction of sp³-hybridized carbons (Fsp3) is 0.304. The zero-order chi connectivity index (χ0) is 21.0. The summed E-state index contributed by atoms with van der Waals surface area (Å²) in [4.78, 5) is 17.1. The predicted octanol–water partition coefficient (Wildman–Crippen LogP) is 3.98. The van der Waals surface area contributed by atoms with Gasteiger partial charge in [-0.05, 0) is 55.2 Å². The Kier molecular flexibility index (Phi) is 6.11. The zero-order valence-electron chi connectivity index (χ0n) is 16.8. The third kappa shape index (κ3) is 4.68. The van der Waals surface area contributed by atoms with Crippen molar-refractivity contribution in [1.29, 1.82) is 0 Å². The van der Waals surface area contributed by atoms with E-state index in [-0.39, 0.29) is 5.91 Å². The number of nitrogens with zero attached hydrogens (tertiary/aromatic N) is 2. The number of sulfonamides is 1. The molecule has 0 radical (unpaired) electrons. The largest absolute Gasteiger partial charge is 0.311 e. The lowest BCUT2D eigenvalue weighted by molar-refractivity contribution is -0.116. The van der Waals surface area contributed by atoms with Crippen molar-refractivity contribution in [1.82, 2.24) is 9.29 Å². The number of nitrogens with one attached hydrogen (secondary N) is 1. The van der Waals surface area contributed by atoms with Gasteiger partial charge in [-0.15, -0.1) is 0 Å². The fourth-order valence-electron chi connectivity index (χ4n) is 3.68. The van der Waals surface area contributed by atoms with Crippen LogP contribution in [0.5, 0.6) is 0 Å². The van der Waals surface area contributed by atoms with Crippen LogP contribution in [0.1, 0.15) is 31.2 Å². The predicted molar refractivity (Wildman–Crippen MR) is 118 cm³/mol. The van der Waals surface area contributed by atoms with Crippen LogP contribution in [-0.4, -0.2) is 36.7 Å². The molecule has 0 unspecified atom stereocenters. The molecule has 7 heteroatoms. The van der Waals surface area contributed by atoms with E-state index in [0.717, 1.165) is 35.7 Å². The molecule has 0 atom stereocenters. The molecular formula is C23H25N3O3S. The Morgan fingerprint density at radius 1 is 0.933 bits per heavy atom. The van der Waals surface area contributed by atoms with Gasteiger partial charge in [0.15, 0.2) is 0 Å². The number of anilines is 1. The molecule has 1 fully saturated rings. The molecule has 0 bridgehead atoms. The van der Waals surface area contributed by atoms with Crippen molar-refractivity contribution in [2.45, 2.75) is 37.0 Å². The van der Waals surface area contributed by atoms with Crippen LogP contribution in [0.15, 0.2) is 65.6 Å². The second-order valence-electron chi connectivity index (χ2n) is 7.55. The number of carbonyl (C=O) groups excluding carboxylic acids is 1. The molecule has 2 aromatic carbocycles. The highest BCUT2D eigenvalue weighted by molar-refractivity contribution is 7.89. The lowest BCUT2D eigenvalue weighted by Crippen LogP contribution is -2.35. The van der Waals surface area contributed by atoms with Crippen molar-refractivity contribution in [3.05, 3.63) is 66.2 Å². The van der Waals surface area contributed by atoms with Crippen LogP contribution in [0.4, 0.5) is 5.82 Å². The number of pyridine rings is 1. The molecule has 1 amide bonds. The molecule has 3 aromatic rings. The number of hydrogen-bond acceptors (Lipinski definition) is 4. The lowest BCUT2D eigenvalue weighted by Gasteiger charge is -2.25. The van der Waals surface area contributed by atoms with Crippen molar-refractivity contribution in [3.63, 3.8) is 0 Å². The normalized spacial score (nSPS) is 15.2. The van der Waals surface area contributed by atoms with Crippen LogP contribution in [0.3, 0.4) is 0 Å². The molecule has 0 spiro atoms. The summed E-state index contributed by atoms with van der Waals surface area (Å²) < 4.78 is 27.0. The highest BCUT2D eigenvalue weighted by Crippen LogP contribution is 2.21. The molecule has 0 saturated carbocycles. The SMILES string of the molecule is O=C(CCc1ccc(S(=O)(=O)N2CCCCC2)cc1)Nc1ccc2ccccc2n1. The van der Waals surface area contributed by atoms with Gasteiger partial charge in [0.1, 0.15) is 5.82 Å². The van der Waals surface area contributed by atoms with Crippen LogP contribution < -0.4 is 5.32 Å². The van der Waals surface area contributed by atoms with E-state index in [2.05, 4.69) is 10.3 Å². The van der Waals surface area contributed by atoms with Crippen LogP contribution in [0, 0.1) is 0 Å². The first-order valence-electron chi connectivity index (χ1n) is 10.3. The Labute approximate surface area is 177 Å². The first-order chi connectivity index (χ1) is 14.5. The summed E-state index contributed by atoms with van der Waals surface area (Å²) >= 11 is 0. The highest BCUT2D eigenvalue weighted by Gasteiger charge is 2.25. The third-order valence-corrected chi connectivity index (χ3v) is 7.30. The fourth-order valence-corrected chi connectivity index (χ4v) is 5.20. The molecule has 1 aromatic heterocycles. The quantitative estimate of drug-likeness (QED) is 0.650. The number of piperidine rings is 1. The number of hydrogen-bond donors (Lipinski definition) is 1. The van der Waals surface area contributed by atoms with Gasteiger partial charge in [-0.3, -0.25) is 4.79 Å². The first-order valence-corrected chi connectivity index (χ1v) is 11.7. The van der Waals surface area contributed by atoms with Gasteiger partial charge in [-0.1, -0.05) is 36.8 Å². The van der Waals surface area contributed by atoms with Gasteiger partial charge in [-0.2, -0.15) is 4.31 Å². The topological polar surface area (TPSA) is 79.4 Å². The zero-order valence-corrected chi connectivity index (χ0v) is 17.6. The van der Waals surface area contributed by atoms with E-state index in [1.54, 1.807) is 34.6 Å². The molecule has 6 nitrogen and oxygen atoms in total. The Morgan fingerprint density at radius 3 is 2.43 bits per heavy atom. The second kappa shape index (κ2) is 8.93. The number of aromatic nitrogens is 1. The summed E-state index contributed by atoms with van der Waals surface area (Å²) in [6, 6.07) is 18.3. The van der Waals surface area contributed by atoms with E-state index in [0.29, 0.717) is 36.6 Å². The Balaban J connectivity index is 1.34. The molecular weight excluding hydrogens is 398 g/mol. The first kappa shape index (κ1) is 20.5. The maximum atomic E-state index is 12.7. The van der Waals surface area contributed by atoms with Crippen LogP contribution in [-0.2, 0) is 21.2 Å². The van der Waals surface area contributed by atoms with Gasteiger partial charge in [0.05, 0.1) is 10.4 Å². The van der Waals surface area contributed by atoms with Crippen molar-refractivity contribution in [2.24, 2.45) is 0 Å². The molecule has 1 aliphatic heterocycles. The monoisotopic (exact) mass is 423 g/mol. The Morgan fingerprint density at radius 2 is 1.67 bits per heavy atom.